The van der Waals surface area contributed by atoms with Gasteiger partial charge in [0.25, 0.3) is 0 Å². The molecule has 4 heteroatoms. The van der Waals surface area contributed by atoms with Crippen molar-refractivity contribution in [3.05, 3.63) is 14.4 Å². The fraction of sp³-hybridized carbons (Fsp3) is 0.667. The van der Waals surface area contributed by atoms with E-state index in [2.05, 4.69) is 19.6 Å². The summed E-state index contributed by atoms with van der Waals surface area (Å²) in [4.78, 5) is 0. The first-order valence-electron chi connectivity index (χ1n) is 2.21. The molecule has 0 aromatic heterocycles. The maximum Gasteiger partial charge on any atom is 2.00 e. The molecule has 0 amide bonds. The third-order valence-electron chi connectivity index (χ3n) is 0.158. The summed E-state index contributed by atoms with van der Waals surface area (Å²) in [5, 5.41) is 14.0. The molecule has 0 unspecified atom stereocenters. The van der Waals surface area contributed by atoms with Crippen molar-refractivity contribution in [2.45, 2.75) is 6.42 Å². The van der Waals surface area contributed by atoms with Crippen molar-refractivity contribution in [1.29, 1.82) is 0 Å². The summed E-state index contributed by atoms with van der Waals surface area (Å²) in [5.74, 6) is 0.903. The second-order valence-electron chi connectivity index (χ2n) is 0.577. The van der Waals surface area contributed by atoms with E-state index < -0.39 is 0 Å². The van der Waals surface area contributed by atoms with Gasteiger partial charge >= 0.3 is 26.2 Å². The van der Waals surface area contributed by atoms with Crippen LogP contribution < -0.4 is 0 Å². The van der Waals surface area contributed by atoms with Crippen LogP contribution >= 0.6 is 12.6 Å². The number of rotatable bonds is 1. The van der Waals surface area contributed by atoms with Gasteiger partial charge in [0.1, 0.15) is 0 Å². The Kier molecular flexibility index (Phi) is 260. The molecule has 0 aliphatic heterocycles. The van der Waals surface area contributed by atoms with Crippen molar-refractivity contribution in [2.75, 3.05) is 20.0 Å². The van der Waals surface area contributed by atoms with Crippen molar-refractivity contribution in [3.63, 3.8) is 0 Å². The molecule has 0 radical (unpaired) electrons. The molecular formula is C6H18O2SZr. The Morgan fingerprint density at radius 2 is 1.30 bits per heavy atom. The van der Waals surface area contributed by atoms with Crippen LogP contribution in [0.5, 0.6) is 0 Å². The molecule has 2 nitrogen and oxygen atoms in total. The molecule has 0 saturated heterocycles. The molecule has 0 aliphatic rings. The monoisotopic (exact) mass is 244 g/mol. The Morgan fingerprint density at radius 1 is 1.20 bits per heavy atom. The van der Waals surface area contributed by atoms with E-state index >= 15 is 0 Å². The van der Waals surface area contributed by atoms with Crippen LogP contribution in [0.15, 0.2) is 0 Å². The van der Waals surface area contributed by atoms with E-state index in [-0.39, 0.29) is 33.6 Å². The zero-order valence-electron chi connectivity index (χ0n) is 6.96. The largest absolute Gasteiger partial charge is 2.00 e. The predicted octanol–water partition coefficient (Wildman–Crippen LogP) is 0.805. The van der Waals surface area contributed by atoms with Gasteiger partial charge in [-0.15, -0.1) is 0 Å². The first kappa shape index (κ1) is 30.4. The Morgan fingerprint density at radius 3 is 1.30 bits per heavy atom. The smallest absolute Gasteiger partial charge is 0.400 e. The van der Waals surface area contributed by atoms with Crippen LogP contribution in [-0.2, 0) is 26.2 Å². The van der Waals surface area contributed by atoms with Gasteiger partial charge in [-0.2, -0.15) is 19.0 Å². The number of hydrogen-bond donors (Lipinski definition) is 3. The van der Waals surface area contributed by atoms with Crippen LogP contribution in [0, 0.1) is 14.4 Å². The summed E-state index contributed by atoms with van der Waals surface area (Å²) >= 11 is 3.86. The summed E-state index contributed by atoms with van der Waals surface area (Å²) in [6.07, 6.45) is 0.934. The molecule has 2 N–H and O–H groups in total. The normalized spacial score (nSPS) is 4.20. The molecule has 0 fully saturated rings. The van der Waals surface area contributed by atoms with Crippen LogP contribution in [0.25, 0.3) is 0 Å². The summed E-state index contributed by atoms with van der Waals surface area (Å²) in [5.41, 5.74) is 0. The summed E-state index contributed by atoms with van der Waals surface area (Å²) in [7, 11) is 2.00. The predicted molar refractivity (Wildman–Crippen MR) is 46.5 cm³/mol. The van der Waals surface area contributed by atoms with E-state index in [9.17, 15) is 0 Å². The summed E-state index contributed by atoms with van der Waals surface area (Å²) in [6, 6.07) is 0. The zero-order valence-corrected chi connectivity index (χ0v) is 10.3. The molecule has 0 heterocycles. The molecule has 0 aromatic rings. The topological polar surface area (TPSA) is 40.5 Å². The minimum atomic E-state index is 0. The zero-order chi connectivity index (χ0) is 7.41. The summed E-state index contributed by atoms with van der Waals surface area (Å²) < 4.78 is 0. The minimum absolute atomic E-state index is 0. The van der Waals surface area contributed by atoms with Crippen molar-refractivity contribution < 1.29 is 36.4 Å². The molecule has 0 aliphatic carbocycles. The Bertz CT molecular complexity index is 17.7. The first-order chi connectivity index (χ1) is 3.91. The average molecular weight is 245 g/mol. The second-order valence-corrected chi connectivity index (χ2v) is 1.02. The minimum Gasteiger partial charge on any atom is -0.400 e. The third-order valence-corrected chi connectivity index (χ3v) is 0.474. The number of aliphatic hydroxyl groups excluding tert-OH is 2. The Balaban J connectivity index is -0.0000000125. The standard InChI is InChI=1S/C3H7S.2CH4O.CH3.Zr/c1-2-3-4;2*1-2;;/h4H,1-3H2;2*2H,1H3;1H3;/q-1;;;-1;+2. The molecule has 0 atom stereocenters. The van der Waals surface area contributed by atoms with E-state index in [0.717, 1.165) is 26.4 Å². The van der Waals surface area contributed by atoms with Gasteiger partial charge in [0, 0.05) is 14.2 Å². The fourth-order valence-corrected chi connectivity index (χ4v) is 0. The van der Waals surface area contributed by atoms with Crippen molar-refractivity contribution >= 4 is 12.6 Å². The Hall–Kier alpha value is 1.15. The molecule has 10 heavy (non-hydrogen) atoms. The summed E-state index contributed by atoms with van der Waals surface area (Å²) in [6.45, 7) is 3.53. The van der Waals surface area contributed by atoms with Crippen LogP contribution in [-0.4, -0.2) is 30.2 Å². The van der Waals surface area contributed by atoms with Gasteiger partial charge in [0.05, 0.1) is 0 Å². The van der Waals surface area contributed by atoms with E-state index in [4.69, 9.17) is 10.2 Å². The van der Waals surface area contributed by atoms with Gasteiger partial charge in [-0.25, -0.2) is 0 Å². The fourth-order valence-electron chi connectivity index (χ4n) is 0. The molecule has 0 spiro atoms. The van der Waals surface area contributed by atoms with E-state index in [1.807, 2.05) is 0 Å². The first-order valence-corrected chi connectivity index (χ1v) is 2.84. The van der Waals surface area contributed by atoms with Crippen LogP contribution in [0.2, 0.25) is 0 Å². The molecule has 0 saturated carbocycles. The molecular weight excluding hydrogens is 227 g/mol. The maximum atomic E-state index is 7.00. The van der Waals surface area contributed by atoms with Gasteiger partial charge in [-0.05, 0) is 5.75 Å². The number of thiol groups is 1. The maximum absolute atomic E-state index is 7.00. The van der Waals surface area contributed by atoms with Gasteiger partial charge in [-0.3, -0.25) is 0 Å². The van der Waals surface area contributed by atoms with Crippen molar-refractivity contribution in [3.8, 4) is 0 Å². The molecule has 0 aromatic carbocycles. The van der Waals surface area contributed by atoms with Gasteiger partial charge < -0.3 is 24.6 Å². The number of hydrogen-bond acceptors (Lipinski definition) is 3. The van der Waals surface area contributed by atoms with Crippen molar-refractivity contribution in [2.24, 2.45) is 0 Å². The van der Waals surface area contributed by atoms with Crippen LogP contribution in [0.1, 0.15) is 6.42 Å². The van der Waals surface area contributed by atoms with Gasteiger partial charge in [0.2, 0.25) is 0 Å². The van der Waals surface area contributed by atoms with E-state index in [1.54, 1.807) is 0 Å². The third kappa shape index (κ3) is 131. The number of aliphatic hydroxyl groups is 2. The van der Waals surface area contributed by atoms with Gasteiger partial charge in [-0.1, -0.05) is 0 Å². The Labute approximate surface area is 89.6 Å². The average Bonchev–Trinajstić information content (AvgIpc) is 1.96. The molecule has 64 valence electrons. The van der Waals surface area contributed by atoms with E-state index in [0.29, 0.717) is 0 Å². The second kappa shape index (κ2) is 85.6. The molecule has 0 bridgehead atoms. The quantitative estimate of drug-likeness (QED) is 0.473. The van der Waals surface area contributed by atoms with Gasteiger partial charge in [0.15, 0.2) is 0 Å². The van der Waals surface area contributed by atoms with Crippen LogP contribution in [0.3, 0.4) is 0 Å². The van der Waals surface area contributed by atoms with Crippen LogP contribution in [0.4, 0.5) is 0 Å². The van der Waals surface area contributed by atoms with Crippen molar-refractivity contribution in [1.82, 2.24) is 0 Å². The molecule has 0 rings (SSSR count). The van der Waals surface area contributed by atoms with E-state index in [1.165, 1.54) is 0 Å². The SMILES string of the molecule is CO.CO.[CH2-]CCS.[CH3-].[Zr+2].